The van der Waals surface area contributed by atoms with Crippen molar-refractivity contribution < 1.29 is 0 Å². The standard InChI is InChI=1S/C7H18N4S/c1-10-5-6(8)7(9)12(3,4)11-2/h5,11H,8-9H2,1-4H3. The Morgan fingerprint density at radius 1 is 1.42 bits per heavy atom. The van der Waals surface area contributed by atoms with Crippen molar-refractivity contribution in [1.29, 1.82) is 0 Å². The summed E-state index contributed by atoms with van der Waals surface area (Å²) in [6, 6.07) is 0. The Morgan fingerprint density at radius 2 is 1.92 bits per heavy atom. The lowest BCUT2D eigenvalue weighted by Crippen LogP contribution is -2.24. The van der Waals surface area contributed by atoms with Gasteiger partial charge in [0.05, 0.1) is 10.7 Å². The van der Waals surface area contributed by atoms with Gasteiger partial charge in [0, 0.05) is 13.3 Å². The van der Waals surface area contributed by atoms with Gasteiger partial charge in [0.1, 0.15) is 0 Å². The fourth-order valence-electron chi connectivity index (χ4n) is 0.607. The summed E-state index contributed by atoms with van der Waals surface area (Å²) in [6.45, 7) is 0. The van der Waals surface area contributed by atoms with Crippen LogP contribution < -0.4 is 16.2 Å². The highest BCUT2D eigenvalue weighted by Crippen LogP contribution is 2.40. The van der Waals surface area contributed by atoms with Gasteiger partial charge in [-0.1, -0.05) is 0 Å². The fraction of sp³-hybridized carbons (Fsp3) is 0.571. The zero-order chi connectivity index (χ0) is 9.78. The normalized spacial score (nSPS) is 16.3. The number of rotatable bonds is 3. The molecule has 12 heavy (non-hydrogen) atoms. The van der Waals surface area contributed by atoms with Gasteiger partial charge >= 0.3 is 0 Å². The third-order valence-corrected chi connectivity index (χ3v) is 3.97. The van der Waals surface area contributed by atoms with Gasteiger partial charge in [-0.05, 0) is 19.6 Å². The summed E-state index contributed by atoms with van der Waals surface area (Å²) in [5.41, 5.74) is 12.1. The van der Waals surface area contributed by atoms with E-state index in [4.69, 9.17) is 11.5 Å². The Labute approximate surface area is 75.6 Å². The molecule has 0 spiro atoms. The SMILES string of the molecule is CN=CC(N)=C(N)S(C)(C)NC. The van der Waals surface area contributed by atoms with Gasteiger partial charge in [-0.2, -0.15) is 10.2 Å². The van der Waals surface area contributed by atoms with Crippen LogP contribution in [0.5, 0.6) is 0 Å². The van der Waals surface area contributed by atoms with E-state index in [1.807, 2.05) is 19.6 Å². The maximum atomic E-state index is 5.83. The maximum absolute atomic E-state index is 5.83. The summed E-state index contributed by atoms with van der Waals surface area (Å²) in [5.74, 6) is 0. The van der Waals surface area contributed by atoms with Crippen LogP contribution in [0.3, 0.4) is 0 Å². The summed E-state index contributed by atoms with van der Waals surface area (Å²) in [7, 11) is 2.41. The third kappa shape index (κ3) is 2.75. The molecule has 0 atom stereocenters. The molecular formula is C7H18N4S. The lowest BCUT2D eigenvalue weighted by atomic mass is 10.5. The monoisotopic (exact) mass is 190 g/mol. The van der Waals surface area contributed by atoms with E-state index < -0.39 is 10.2 Å². The first-order valence-electron chi connectivity index (χ1n) is 3.55. The zero-order valence-corrected chi connectivity index (χ0v) is 8.90. The zero-order valence-electron chi connectivity index (χ0n) is 8.09. The highest BCUT2D eigenvalue weighted by atomic mass is 32.3. The molecule has 5 heteroatoms. The van der Waals surface area contributed by atoms with Crippen LogP contribution in [0.2, 0.25) is 0 Å². The summed E-state index contributed by atoms with van der Waals surface area (Å²) in [5, 5.41) is 0.690. The minimum Gasteiger partial charge on any atom is -0.395 e. The molecular weight excluding hydrogens is 172 g/mol. The molecule has 0 aromatic rings. The van der Waals surface area contributed by atoms with E-state index in [1.165, 1.54) is 0 Å². The first-order valence-corrected chi connectivity index (χ1v) is 6.00. The summed E-state index contributed by atoms with van der Waals surface area (Å²) >= 11 is 0. The number of nitrogens with one attached hydrogen (secondary N) is 1. The molecule has 0 saturated heterocycles. The predicted molar refractivity (Wildman–Crippen MR) is 58.3 cm³/mol. The number of nitrogens with zero attached hydrogens (tertiary/aromatic N) is 1. The second-order valence-electron chi connectivity index (χ2n) is 2.74. The van der Waals surface area contributed by atoms with Gasteiger partial charge in [-0.3, -0.25) is 9.71 Å². The summed E-state index contributed by atoms with van der Waals surface area (Å²) < 4.78 is 3.14. The Balaban J connectivity index is 4.76. The molecule has 0 aromatic carbocycles. The molecule has 0 rings (SSSR count). The highest BCUT2D eigenvalue weighted by molar-refractivity contribution is 8.34. The molecule has 0 saturated carbocycles. The topological polar surface area (TPSA) is 76.4 Å². The average Bonchev–Trinajstić information content (AvgIpc) is 2.03. The fourth-order valence-corrected chi connectivity index (χ4v) is 1.47. The Bertz CT molecular complexity index is 207. The van der Waals surface area contributed by atoms with Crippen molar-refractivity contribution in [2.45, 2.75) is 0 Å². The number of aliphatic imine (C=N–C) groups is 1. The first kappa shape index (κ1) is 11.3. The lowest BCUT2D eigenvalue weighted by molar-refractivity contribution is 1.24. The van der Waals surface area contributed by atoms with Gasteiger partial charge in [0.25, 0.3) is 0 Å². The minimum absolute atomic E-state index is 0.548. The second-order valence-corrected chi connectivity index (χ2v) is 6.24. The van der Waals surface area contributed by atoms with Gasteiger partial charge in [-0.15, -0.1) is 0 Å². The maximum Gasteiger partial charge on any atom is 0.0850 e. The molecule has 0 radical (unpaired) electrons. The molecule has 0 aliphatic heterocycles. The number of hydrogen-bond acceptors (Lipinski definition) is 4. The summed E-state index contributed by atoms with van der Waals surface area (Å²) in [6.07, 6.45) is 5.65. The largest absolute Gasteiger partial charge is 0.395 e. The molecule has 0 bridgehead atoms. The van der Waals surface area contributed by atoms with Crippen molar-refractivity contribution in [1.82, 2.24) is 4.72 Å². The van der Waals surface area contributed by atoms with E-state index in [1.54, 1.807) is 13.3 Å². The van der Waals surface area contributed by atoms with Crippen LogP contribution in [-0.2, 0) is 0 Å². The van der Waals surface area contributed by atoms with Crippen molar-refractivity contribution in [2.24, 2.45) is 16.5 Å². The van der Waals surface area contributed by atoms with Crippen LogP contribution in [0.25, 0.3) is 0 Å². The minimum atomic E-state index is -1.13. The van der Waals surface area contributed by atoms with Crippen LogP contribution in [-0.4, -0.2) is 32.8 Å². The molecule has 0 aliphatic rings. The quantitative estimate of drug-likeness (QED) is 0.547. The van der Waals surface area contributed by atoms with Crippen LogP contribution in [0.15, 0.2) is 15.7 Å². The van der Waals surface area contributed by atoms with Gasteiger partial charge < -0.3 is 11.5 Å². The van der Waals surface area contributed by atoms with Crippen molar-refractivity contribution in [3.63, 3.8) is 0 Å². The molecule has 4 nitrogen and oxygen atoms in total. The molecule has 0 aliphatic carbocycles. The first-order chi connectivity index (χ1) is 5.45. The Hall–Kier alpha value is -0.680. The van der Waals surface area contributed by atoms with Gasteiger partial charge in [0.15, 0.2) is 0 Å². The number of nitrogens with two attached hydrogens (primary N) is 2. The van der Waals surface area contributed by atoms with Crippen LogP contribution in [0, 0.1) is 0 Å². The number of allylic oxidation sites excluding steroid dienone is 1. The molecule has 72 valence electrons. The van der Waals surface area contributed by atoms with Gasteiger partial charge in [-0.25, -0.2) is 0 Å². The molecule has 0 amide bonds. The molecule has 0 unspecified atom stereocenters. The van der Waals surface area contributed by atoms with Crippen LogP contribution in [0.4, 0.5) is 0 Å². The molecule has 0 aromatic heterocycles. The van der Waals surface area contributed by atoms with E-state index in [2.05, 4.69) is 9.71 Å². The second kappa shape index (κ2) is 4.37. The van der Waals surface area contributed by atoms with Crippen molar-refractivity contribution in [2.75, 3.05) is 26.6 Å². The van der Waals surface area contributed by atoms with Crippen molar-refractivity contribution in [3.8, 4) is 0 Å². The van der Waals surface area contributed by atoms with Crippen LogP contribution >= 0.6 is 10.2 Å². The molecule has 0 heterocycles. The van der Waals surface area contributed by atoms with Crippen molar-refractivity contribution >= 4 is 16.4 Å². The Kier molecular flexibility index (Phi) is 4.12. The van der Waals surface area contributed by atoms with Gasteiger partial charge in [0.2, 0.25) is 0 Å². The van der Waals surface area contributed by atoms with Crippen molar-refractivity contribution in [3.05, 3.63) is 10.7 Å². The molecule has 5 N–H and O–H groups in total. The van der Waals surface area contributed by atoms with Crippen LogP contribution in [0.1, 0.15) is 0 Å². The average molecular weight is 190 g/mol. The highest BCUT2D eigenvalue weighted by Gasteiger charge is 2.14. The molecule has 0 fully saturated rings. The van der Waals surface area contributed by atoms with E-state index in [-0.39, 0.29) is 0 Å². The van der Waals surface area contributed by atoms with E-state index >= 15 is 0 Å². The summed E-state index contributed by atoms with van der Waals surface area (Å²) in [4.78, 5) is 3.80. The number of hydrogen-bond donors (Lipinski definition) is 3. The lowest BCUT2D eigenvalue weighted by Gasteiger charge is -2.31. The smallest absolute Gasteiger partial charge is 0.0850 e. The third-order valence-electron chi connectivity index (χ3n) is 1.61. The Morgan fingerprint density at radius 3 is 2.25 bits per heavy atom. The van der Waals surface area contributed by atoms with E-state index in [9.17, 15) is 0 Å². The van der Waals surface area contributed by atoms with E-state index in [0.29, 0.717) is 10.7 Å². The predicted octanol–water partition coefficient (Wildman–Crippen LogP) is -0.0279. The van der Waals surface area contributed by atoms with E-state index in [0.717, 1.165) is 0 Å².